The van der Waals surface area contributed by atoms with Crippen molar-refractivity contribution >= 4 is 23.1 Å². The SMILES string of the molecule is Cc1cc(NC(=O)c2nc(C)sc2C)n(C)n1. The molecule has 2 aromatic rings. The fourth-order valence-corrected chi connectivity index (χ4v) is 2.46. The van der Waals surface area contributed by atoms with E-state index in [2.05, 4.69) is 15.4 Å². The van der Waals surface area contributed by atoms with E-state index in [1.807, 2.05) is 26.8 Å². The summed E-state index contributed by atoms with van der Waals surface area (Å²) in [6, 6.07) is 1.83. The molecule has 2 rings (SSSR count). The van der Waals surface area contributed by atoms with Gasteiger partial charge in [0.25, 0.3) is 5.91 Å². The number of nitrogens with one attached hydrogen (secondary N) is 1. The van der Waals surface area contributed by atoms with E-state index in [1.54, 1.807) is 11.7 Å². The highest BCUT2D eigenvalue weighted by molar-refractivity contribution is 7.11. The highest BCUT2D eigenvalue weighted by Gasteiger charge is 2.15. The Bertz CT molecular complexity index is 570. The van der Waals surface area contributed by atoms with Crippen molar-refractivity contribution in [3.05, 3.63) is 27.3 Å². The molecule has 1 N–H and O–H groups in total. The summed E-state index contributed by atoms with van der Waals surface area (Å²) >= 11 is 1.52. The zero-order valence-electron chi connectivity index (χ0n) is 10.2. The number of thiazole rings is 1. The molecule has 1 amide bonds. The van der Waals surface area contributed by atoms with E-state index < -0.39 is 0 Å². The van der Waals surface area contributed by atoms with Crippen LogP contribution in [0, 0.1) is 20.8 Å². The first kappa shape index (κ1) is 11.8. The van der Waals surface area contributed by atoms with Crippen LogP contribution in [0.5, 0.6) is 0 Å². The number of anilines is 1. The number of hydrogen-bond acceptors (Lipinski definition) is 4. The average molecular weight is 250 g/mol. The molecule has 6 heteroatoms. The summed E-state index contributed by atoms with van der Waals surface area (Å²) in [6.45, 7) is 5.67. The normalized spacial score (nSPS) is 10.6. The van der Waals surface area contributed by atoms with Crippen molar-refractivity contribution in [2.45, 2.75) is 20.8 Å². The van der Waals surface area contributed by atoms with E-state index >= 15 is 0 Å². The van der Waals surface area contributed by atoms with Crippen molar-refractivity contribution in [2.75, 3.05) is 5.32 Å². The van der Waals surface area contributed by atoms with Gasteiger partial charge in [0, 0.05) is 18.0 Å². The smallest absolute Gasteiger partial charge is 0.276 e. The molecule has 0 aromatic carbocycles. The van der Waals surface area contributed by atoms with Gasteiger partial charge in [0.05, 0.1) is 10.7 Å². The van der Waals surface area contributed by atoms with Crippen molar-refractivity contribution in [3.63, 3.8) is 0 Å². The van der Waals surface area contributed by atoms with Gasteiger partial charge in [0.15, 0.2) is 0 Å². The second-order valence-corrected chi connectivity index (χ2v) is 5.29. The van der Waals surface area contributed by atoms with Crippen LogP contribution in [0.2, 0.25) is 0 Å². The minimum absolute atomic E-state index is 0.185. The minimum atomic E-state index is -0.185. The Hall–Kier alpha value is -1.69. The fraction of sp³-hybridized carbons (Fsp3) is 0.364. The molecule has 0 aliphatic carbocycles. The lowest BCUT2D eigenvalue weighted by Gasteiger charge is -2.03. The van der Waals surface area contributed by atoms with Crippen molar-refractivity contribution in [1.29, 1.82) is 0 Å². The van der Waals surface area contributed by atoms with Gasteiger partial charge in [0.2, 0.25) is 0 Å². The summed E-state index contributed by atoms with van der Waals surface area (Å²) in [7, 11) is 1.79. The second-order valence-electron chi connectivity index (χ2n) is 3.89. The van der Waals surface area contributed by atoms with E-state index in [-0.39, 0.29) is 5.91 Å². The first-order valence-corrected chi connectivity index (χ1v) is 6.05. The van der Waals surface area contributed by atoms with Crippen molar-refractivity contribution in [2.24, 2.45) is 7.05 Å². The zero-order chi connectivity index (χ0) is 12.6. The third kappa shape index (κ3) is 2.36. The highest BCUT2D eigenvalue weighted by Crippen LogP contribution is 2.18. The van der Waals surface area contributed by atoms with Crippen LogP contribution in [0.3, 0.4) is 0 Å². The van der Waals surface area contributed by atoms with Gasteiger partial charge < -0.3 is 5.32 Å². The summed E-state index contributed by atoms with van der Waals surface area (Å²) in [5.41, 5.74) is 1.36. The van der Waals surface area contributed by atoms with E-state index in [4.69, 9.17) is 0 Å². The van der Waals surface area contributed by atoms with Crippen LogP contribution < -0.4 is 5.32 Å². The number of carbonyl (C=O) groups is 1. The summed E-state index contributed by atoms with van der Waals surface area (Å²) in [6.07, 6.45) is 0. The van der Waals surface area contributed by atoms with Gasteiger partial charge in [-0.05, 0) is 20.8 Å². The minimum Gasteiger partial charge on any atom is -0.305 e. The van der Waals surface area contributed by atoms with Gasteiger partial charge in [-0.15, -0.1) is 11.3 Å². The maximum absolute atomic E-state index is 12.0. The Labute approximate surface area is 103 Å². The second kappa shape index (κ2) is 4.29. The Morgan fingerprint density at radius 2 is 2.12 bits per heavy atom. The molecule has 5 nitrogen and oxygen atoms in total. The van der Waals surface area contributed by atoms with E-state index in [9.17, 15) is 4.79 Å². The maximum atomic E-state index is 12.0. The largest absolute Gasteiger partial charge is 0.305 e. The number of amides is 1. The van der Waals surface area contributed by atoms with Gasteiger partial charge in [-0.1, -0.05) is 0 Å². The number of aryl methyl sites for hydroxylation is 4. The monoisotopic (exact) mass is 250 g/mol. The lowest BCUT2D eigenvalue weighted by molar-refractivity contribution is 0.102. The molecule has 0 saturated heterocycles. The fourth-order valence-electron chi connectivity index (χ4n) is 1.64. The van der Waals surface area contributed by atoms with E-state index in [0.717, 1.165) is 15.6 Å². The standard InChI is InChI=1S/C11H14N4OS/c1-6-5-9(15(4)14-6)13-11(16)10-7(2)17-8(3)12-10/h5H,1-4H3,(H,13,16). The molecule has 0 bridgehead atoms. The van der Waals surface area contributed by atoms with Crippen molar-refractivity contribution in [3.8, 4) is 0 Å². The molecule has 2 heterocycles. The predicted octanol–water partition coefficient (Wildman–Crippen LogP) is 2.05. The Morgan fingerprint density at radius 1 is 1.41 bits per heavy atom. The molecule has 0 aliphatic heterocycles. The van der Waals surface area contributed by atoms with Gasteiger partial charge in [-0.25, -0.2) is 4.98 Å². The van der Waals surface area contributed by atoms with Crippen LogP contribution in [-0.4, -0.2) is 20.7 Å². The Balaban J connectivity index is 2.22. The third-order valence-electron chi connectivity index (χ3n) is 2.36. The van der Waals surface area contributed by atoms with Crippen molar-refractivity contribution < 1.29 is 4.79 Å². The summed E-state index contributed by atoms with van der Waals surface area (Å²) in [5.74, 6) is 0.493. The maximum Gasteiger partial charge on any atom is 0.276 e. The molecular weight excluding hydrogens is 236 g/mol. The first-order valence-electron chi connectivity index (χ1n) is 5.23. The summed E-state index contributed by atoms with van der Waals surface area (Å²) in [5, 5.41) is 7.87. The van der Waals surface area contributed by atoms with Crippen LogP contribution >= 0.6 is 11.3 Å². The van der Waals surface area contributed by atoms with E-state index in [0.29, 0.717) is 11.5 Å². The molecule has 2 aromatic heterocycles. The predicted molar refractivity (Wildman–Crippen MR) is 67.5 cm³/mol. The molecule has 0 unspecified atom stereocenters. The highest BCUT2D eigenvalue weighted by atomic mass is 32.1. The van der Waals surface area contributed by atoms with Crippen LogP contribution in [0.15, 0.2) is 6.07 Å². The Morgan fingerprint density at radius 3 is 2.59 bits per heavy atom. The van der Waals surface area contributed by atoms with Gasteiger partial charge >= 0.3 is 0 Å². The third-order valence-corrected chi connectivity index (χ3v) is 3.25. The van der Waals surface area contributed by atoms with Gasteiger partial charge in [-0.2, -0.15) is 5.10 Å². The number of rotatable bonds is 2. The number of carbonyl (C=O) groups excluding carboxylic acids is 1. The lowest BCUT2D eigenvalue weighted by atomic mass is 10.3. The van der Waals surface area contributed by atoms with Crippen molar-refractivity contribution in [1.82, 2.24) is 14.8 Å². The molecule has 0 saturated carbocycles. The lowest BCUT2D eigenvalue weighted by Crippen LogP contribution is -2.15. The summed E-state index contributed by atoms with van der Waals surface area (Å²) in [4.78, 5) is 17.2. The number of hydrogen-bond donors (Lipinski definition) is 1. The Kier molecular flexibility index (Phi) is 2.97. The molecule has 0 atom stereocenters. The molecule has 90 valence electrons. The van der Waals surface area contributed by atoms with E-state index in [1.165, 1.54) is 11.3 Å². The topological polar surface area (TPSA) is 59.8 Å². The average Bonchev–Trinajstić information content (AvgIpc) is 2.70. The molecular formula is C11H14N4OS. The molecule has 0 spiro atoms. The number of aromatic nitrogens is 3. The van der Waals surface area contributed by atoms with Crippen LogP contribution in [0.4, 0.5) is 5.82 Å². The molecule has 0 fully saturated rings. The molecule has 17 heavy (non-hydrogen) atoms. The van der Waals surface area contributed by atoms with Crippen LogP contribution in [0.25, 0.3) is 0 Å². The van der Waals surface area contributed by atoms with Crippen LogP contribution in [0.1, 0.15) is 26.1 Å². The first-order chi connectivity index (χ1) is 7.97. The summed E-state index contributed by atoms with van der Waals surface area (Å²) < 4.78 is 1.64. The van der Waals surface area contributed by atoms with Gasteiger partial charge in [-0.3, -0.25) is 9.48 Å². The zero-order valence-corrected chi connectivity index (χ0v) is 11.1. The molecule has 0 radical (unpaired) electrons. The molecule has 0 aliphatic rings. The van der Waals surface area contributed by atoms with Gasteiger partial charge in [0.1, 0.15) is 11.5 Å². The quantitative estimate of drug-likeness (QED) is 0.887. The number of nitrogens with zero attached hydrogens (tertiary/aromatic N) is 3. The van der Waals surface area contributed by atoms with Crippen LogP contribution in [-0.2, 0) is 7.05 Å².